The molecule has 1 aromatic heterocycles. The van der Waals surface area contributed by atoms with Crippen molar-refractivity contribution < 1.29 is 0 Å². The number of aryl methyl sites for hydroxylation is 3. The minimum absolute atomic E-state index is 0.362. The first kappa shape index (κ1) is 13.5. The zero-order valence-electron chi connectivity index (χ0n) is 11.3. The van der Waals surface area contributed by atoms with Crippen molar-refractivity contribution in [3.63, 3.8) is 0 Å². The van der Waals surface area contributed by atoms with Crippen LogP contribution in [0.15, 0.2) is 30.3 Å². The molecule has 4 heteroatoms. The van der Waals surface area contributed by atoms with Crippen LogP contribution in [0.5, 0.6) is 0 Å². The van der Waals surface area contributed by atoms with E-state index in [9.17, 15) is 0 Å². The van der Waals surface area contributed by atoms with Crippen molar-refractivity contribution in [3.05, 3.63) is 52.8 Å². The molecule has 0 saturated carbocycles. The molecule has 98 valence electrons. The number of anilines is 2. The van der Waals surface area contributed by atoms with Crippen molar-refractivity contribution in [2.45, 2.75) is 20.8 Å². The molecular weight excluding hydrogens is 254 g/mol. The molecule has 0 bridgehead atoms. The standard InChI is InChI=1S/C15H17N3S/c1-9-6-4-5-7-12(9)18-13-8-10(2)17-11(3)14(13)15(16)19/h4-8H,1-3H3,(H2,16,19)(H,17,18). The minimum Gasteiger partial charge on any atom is -0.389 e. The van der Waals surface area contributed by atoms with Crippen molar-refractivity contribution in [2.24, 2.45) is 5.73 Å². The normalized spacial score (nSPS) is 10.3. The fourth-order valence-corrected chi connectivity index (χ4v) is 2.35. The van der Waals surface area contributed by atoms with Crippen LogP contribution < -0.4 is 11.1 Å². The Morgan fingerprint density at radius 3 is 2.47 bits per heavy atom. The van der Waals surface area contributed by atoms with E-state index >= 15 is 0 Å². The van der Waals surface area contributed by atoms with Crippen LogP contribution in [0.1, 0.15) is 22.5 Å². The number of nitrogens with two attached hydrogens (primary N) is 1. The fourth-order valence-electron chi connectivity index (χ4n) is 2.10. The van der Waals surface area contributed by atoms with Gasteiger partial charge in [-0.25, -0.2) is 0 Å². The third-order valence-corrected chi connectivity index (χ3v) is 3.19. The summed E-state index contributed by atoms with van der Waals surface area (Å²) in [4.78, 5) is 4.77. The molecule has 0 aliphatic heterocycles. The molecule has 0 spiro atoms. The molecule has 0 unspecified atom stereocenters. The highest BCUT2D eigenvalue weighted by atomic mass is 32.1. The lowest BCUT2D eigenvalue weighted by Crippen LogP contribution is -2.15. The van der Waals surface area contributed by atoms with Gasteiger partial charge in [-0.15, -0.1) is 0 Å². The van der Waals surface area contributed by atoms with Gasteiger partial charge >= 0.3 is 0 Å². The van der Waals surface area contributed by atoms with E-state index in [-0.39, 0.29) is 0 Å². The summed E-state index contributed by atoms with van der Waals surface area (Å²) in [5, 5.41) is 3.40. The van der Waals surface area contributed by atoms with Crippen molar-refractivity contribution in [1.82, 2.24) is 4.98 Å². The lowest BCUT2D eigenvalue weighted by atomic mass is 10.1. The van der Waals surface area contributed by atoms with Gasteiger partial charge in [-0.3, -0.25) is 4.98 Å². The number of hydrogen-bond donors (Lipinski definition) is 2. The zero-order chi connectivity index (χ0) is 14.0. The molecule has 0 radical (unpaired) electrons. The maximum absolute atomic E-state index is 5.81. The van der Waals surface area contributed by atoms with Crippen LogP contribution in [0.25, 0.3) is 0 Å². The predicted molar refractivity (Wildman–Crippen MR) is 84.1 cm³/mol. The zero-order valence-corrected chi connectivity index (χ0v) is 12.1. The van der Waals surface area contributed by atoms with Gasteiger partial charge in [0, 0.05) is 17.1 Å². The Morgan fingerprint density at radius 2 is 1.84 bits per heavy atom. The third kappa shape index (κ3) is 2.90. The highest BCUT2D eigenvalue weighted by Gasteiger charge is 2.11. The van der Waals surface area contributed by atoms with E-state index in [1.165, 1.54) is 5.56 Å². The molecule has 0 saturated heterocycles. The molecule has 3 N–H and O–H groups in total. The van der Waals surface area contributed by atoms with Gasteiger partial charge in [-0.2, -0.15) is 0 Å². The van der Waals surface area contributed by atoms with Crippen molar-refractivity contribution in [2.75, 3.05) is 5.32 Å². The first-order valence-corrected chi connectivity index (χ1v) is 6.50. The average Bonchev–Trinajstić information content (AvgIpc) is 2.30. The van der Waals surface area contributed by atoms with Crippen LogP contribution in [-0.2, 0) is 0 Å². The van der Waals surface area contributed by atoms with Gasteiger partial charge in [0.25, 0.3) is 0 Å². The van der Waals surface area contributed by atoms with Gasteiger partial charge in [0.1, 0.15) is 4.99 Å². The second kappa shape index (κ2) is 5.36. The maximum atomic E-state index is 5.81. The smallest absolute Gasteiger partial charge is 0.107 e. The SMILES string of the molecule is Cc1cc(Nc2ccccc2C)c(C(N)=S)c(C)n1. The molecule has 0 amide bonds. The van der Waals surface area contributed by atoms with E-state index in [1.54, 1.807) is 0 Å². The molecule has 3 nitrogen and oxygen atoms in total. The topological polar surface area (TPSA) is 50.9 Å². The molecule has 19 heavy (non-hydrogen) atoms. The van der Waals surface area contributed by atoms with Gasteiger partial charge in [-0.1, -0.05) is 30.4 Å². The Bertz CT molecular complexity index is 635. The number of benzene rings is 1. The lowest BCUT2D eigenvalue weighted by Gasteiger charge is -2.15. The quantitative estimate of drug-likeness (QED) is 0.840. The third-order valence-electron chi connectivity index (χ3n) is 2.99. The number of para-hydroxylation sites is 1. The van der Waals surface area contributed by atoms with Gasteiger partial charge in [0.05, 0.1) is 11.3 Å². The van der Waals surface area contributed by atoms with E-state index in [4.69, 9.17) is 18.0 Å². The summed E-state index contributed by atoms with van der Waals surface area (Å²) in [6.45, 7) is 5.94. The summed E-state index contributed by atoms with van der Waals surface area (Å²) in [6.07, 6.45) is 0. The van der Waals surface area contributed by atoms with E-state index in [1.807, 2.05) is 38.1 Å². The number of nitrogens with zero attached hydrogens (tertiary/aromatic N) is 1. The number of rotatable bonds is 3. The van der Waals surface area contributed by atoms with Gasteiger partial charge < -0.3 is 11.1 Å². The number of pyridine rings is 1. The summed E-state index contributed by atoms with van der Waals surface area (Å²) < 4.78 is 0. The first-order valence-electron chi connectivity index (χ1n) is 6.09. The summed E-state index contributed by atoms with van der Waals surface area (Å²) in [7, 11) is 0. The molecule has 0 aliphatic carbocycles. The number of hydrogen-bond acceptors (Lipinski definition) is 3. The Morgan fingerprint density at radius 1 is 1.16 bits per heavy atom. The number of nitrogens with one attached hydrogen (secondary N) is 1. The largest absolute Gasteiger partial charge is 0.389 e. The van der Waals surface area contributed by atoms with Crippen LogP contribution in [0, 0.1) is 20.8 Å². The van der Waals surface area contributed by atoms with E-state index in [2.05, 4.69) is 23.3 Å². The van der Waals surface area contributed by atoms with E-state index in [0.717, 1.165) is 28.3 Å². The lowest BCUT2D eigenvalue weighted by molar-refractivity contribution is 1.11. The molecule has 0 aliphatic rings. The van der Waals surface area contributed by atoms with Gasteiger partial charge in [0.2, 0.25) is 0 Å². The van der Waals surface area contributed by atoms with Crippen LogP contribution in [0.2, 0.25) is 0 Å². The molecule has 0 atom stereocenters. The van der Waals surface area contributed by atoms with Gasteiger partial charge in [0.15, 0.2) is 0 Å². The van der Waals surface area contributed by atoms with Crippen molar-refractivity contribution in [1.29, 1.82) is 0 Å². The monoisotopic (exact) mass is 271 g/mol. The van der Waals surface area contributed by atoms with E-state index < -0.39 is 0 Å². The molecule has 1 aromatic carbocycles. The summed E-state index contributed by atoms with van der Waals surface area (Å²) in [5.74, 6) is 0. The van der Waals surface area contributed by atoms with Crippen LogP contribution in [0.4, 0.5) is 11.4 Å². The molecule has 1 heterocycles. The van der Waals surface area contributed by atoms with Gasteiger partial charge in [-0.05, 0) is 38.5 Å². The van der Waals surface area contributed by atoms with Crippen molar-refractivity contribution >= 4 is 28.6 Å². The molecule has 0 fully saturated rings. The summed E-state index contributed by atoms with van der Waals surface area (Å²) in [5.41, 5.74) is 11.5. The number of aromatic nitrogens is 1. The molecule has 2 aromatic rings. The Balaban J connectivity index is 2.51. The Hall–Kier alpha value is -1.94. The molecular formula is C15H17N3S. The number of thiocarbonyl (C=S) groups is 1. The van der Waals surface area contributed by atoms with Crippen molar-refractivity contribution in [3.8, 4) is 0 Å². The van der Waals surface area contributed by atoms with Crippen LogP contribution in [-0.4, -0.2) is 9.97 Å². The highest BCUT2D eigenvalue weighted by Crippen LogP contribution is 2.25. The average molecular weight is 271 g/mol. The highest BCUT2D eigenvalue weighted by molar-refractivity contribution is 7.80. The molecule has 2 rings (SSSR count). The van der Waals surface area contributed by atoms with Crippen LogP contribution in [0.3, 0.4) is 0 Å². The summed E-state index contributed by atoms with van der Waals surface area (Å²) in [6, 6.07) is 10.1. The fraction of sp³-hybridized carbons (Fsp3) is 0.200. The second-order valence-corrected chi connectivity index (χ2v) is 5.02. The maximum Gasteiger partial charge on any atom is 0.107 e. The Kier molecular flexibility index (Phi) is 3.81. The minimum atomic E-state index is 0.362. The second-order valence-electron chi connectivity index (χ2n) is 4.58. The Labute approximate surface area is 118 Å². The predicted octanol–water partition coefficient (Wildman–Crippen LogP) is 3.38. The first-order chi connectivity index (χ1) is 8.99. The van der Waals surface area contributed by atoms with E-state index in [0.29, 0.717) is 4.99 Å². The summed E-state index contributed by atoms with van der Waals surface area (Å²) >= 11 is 5.13. The van der Waals surface area contributed by atoms with Crippen LogP contribution >= 0.6 is 12.2 Å².